The standard InChI is InChI=1S/C23H27N3O2/c1-16-9-10-17(2)22(11-16)28-15-19-7-6-8-20(12-19)23(27)25(4)14-21-13-24-26(5)18(21)3/h6-13H,14-15H2,1-5H3. The van der Waals surface area contributed by atoms with E-state index in [9.17, 15) is 4.79 Å². The van der Waals surface area contributed by atoms with Gasteiger partial charge in [0.1, 0.15) is 12.4 Å². The van der Waals surface area contributed by atoms with Crippen molar-refractivity contribution >= 4 is 5.91 Å². The first kappa shape index (κ1) is 19.7. The highest BCUT2D eigenvalue weighted by Gasteiger charge is 2.15. The lowest BCUT2D eigenvalue weighted by Gasteiger charge is -2.18. The predicted octanol–water partition coefficient (Wildman–Crippen LogP) is 4.20. The van der Waals surface area contributed by atoms with Gasteiger partial charge >= 0.3 is 0 Å². The fraction of sp³-hybridized carbons (Fsp3) is 0.304. The zero-order valence-electron chi connectivity index (χ0n) is 17.2. The van der Waals surface area contributed by atoms with Crippen molar-refractivity contribution in [3.8, 4) is 5.75 Å². The van der Waals surface area contributed by atoms with Crippen LogP contribution in [0.5, 0.6) is 5.75 Å². The molecule has 1 heterocycles. The summed E-state index contributed by atoms with van der Waals surface area (Å²) in [5.41, 5.74) is 6.01. The van der Waals surface area contributed by atoms with E-state index in [1.54, 1.807) is 4.90 Å². The Morgan fingerprint density at radius 3 is 2.64 bits per heavy atom. The Hall–Kier alpha value is -3.08. The summed E-state index contributed by atoms with van der Waals surface area (Å²) in [6.45, 7) is 7.04. The van der Waals surface area contributed by atoms with Crippen LogP contribution in [-0.4, -0.2) is 27.6 Å². The molecule has 0 bridgehead atoms. The van der Waals surface area contributed by atoms with Crippen LogP contribution in [-0.2, 0) is 20.2 Å². The normalized spacial score (nSPS) is 10.8. The number of aryl methyl sites for hydroxylation is 3. The average molecular weight is 377 g/mol. The lowest BCUT2D eigenvalue weighted by Crippen LogP contribution is -2.26. The fourth-order valence-electron chi connectivity index (χ4n) is 3.07. The van der Waals surface area contributed by atoms with Crippen molar-refractivity contribution < 1.29 is 9.53 Å². The lowest BCUT2D eigenvalue weighted by atomic mass is 10.1. The van der Waals surface area contributed by atoms with Gasteiger partial charge in [-0.3, -0.25) is 9.48 Å². The van der Waals surface area contributed by atoms with Crippen LogP contribution in [0.4, 0.5) is 0 Å². The second-order valence-electron chi connectivity index (χ2n) is 7.30. The van der Waals surface area contributed by atoms with Gasteiger partial charge in [-0.05, 0) is 55.7 Å². The second kappa shape index (κ2) is 8.30. The molecule has 5 heteroatoms. The third kappa shape index (κ3) is 4.42. The molecule has 5 nitrogen and oxygen atoms in total. The molecule has 0 fully saturated rings. The van der Waals surface area contributed by atoms with Gasteiger partial charge in [0.05, 0.1) is 6.20 Å². The molecule has 3 rings (SSSR count). The van der Waals surface area contributed by atoms with Gasteiger partial charge in [-0.2, -0.15) is 5.10 Å². The minimum absolute atomic E-state index is 0.0168. The van der Waals surface area contributed by atoms with E-state index in [0.29, 0.717) is 18.7 Å². The maximum atomic E-state index is 12.9. The van der Waals surface area contributed by atoms with Crippen LogP contribution in [0.15, 0.2) is 48.7 Å². The molecule has 0 spiro atoms. The van der Waals surface area contributed by atoms with Crippen molar-refractivity contribution in [3.63, 3.8) is 0 Å². The van der Waals surface area contributed by atoms with Crippen molar-refractivity contribution in [3.05, 3.63) is 82.2 Å². The van der Waals surface area contributed by atoms with Crippen LogP contribution in [0.1, 0.15) is 38.3 Å². The molecule has 0 radical (unpaired) electrons. The Balaban J connectivity index is 1.68. The number of hydrogen-bond donors (Lipinski definition) is 0. The van der Waals surface area contributed by atoms with Gasteiger partial charge in [-0.1, -0.05) is 24.3 Å². The highest BCUT2D eigenvalue weighted by Crippen LogP contribution is 2.21. The van der Waals surface area contributed by atoms with Crippen LogP contribution in [0.2, 0.25) is 0 Å². The monoisotopic (exact) mass is 377 g/mol. The Labute approximate surface area is 166 Å². The van der Waals surface area contributed by atoms with Crippen molar-refractivity contribution in [2.45, 2.75) is 33.9 Å². The number of hydrogen-bond acceptors (Lipinski definition) is 3. The minimum atomic E-state index is -0.0168. The molecule has 0 saturated carbocycles. The van der Waals surface area contributed by atoms with Gasteiger partial charge in [0.2, 0.25) is 0 Å². The molecule has 1 amide bonds. The lowest BCUT2D eigenvalue weighted by molar-refractivity contribution is 0.0784. The molecule has 2 aromatic carbocycles. The van der Waals surface area contributed by atoms with E-state index in [1.165, 1.54) is 0 Å². The van der Waals surface area contributed by atoms with Crippen LogP contribution in [0, 0.1) is 20.8 Å². The minimum Gasteiger partial charge on any atom is -0.489 e. The van der Waals surface area contributed by atoms with Gasteiger partial charge in [-0.15, -0.1) is 0 Å². The number of nitrogens with zero attached hydrogens (tertiary/aromatic N) is 3. The van der Waals surface area contributed by atoms with E-state index >= 15 is 0 Å². The molecule has 0 aliphatic rings. The molecule has 0 N–H and O–H groups in total. The Morgan fingerprint density at radius 2 is 1.93 bits per heavy atom. The van der Waals surface area contributed by atoms with Crippen molar-refractivity contribution in [1.29, 1.82) is 0 Å². The van der Waals surface area contributed by atoms with Gasteiger partial charge in [0, 0.05) is 37.5 Å². The molecule has 0 aliphatic heterocycles. The number of amides is 1. The number of benzene rings is 2. The first-order valence-corrected chi connectivity index (χ1v) is 9.37. The Morgan fingerprint density at radius 1 is 1.14 bits per heavy atom. The number of aromatic nitrogens is 2. The summed E-state index contributed by atoms with van der Waals surface area (Å²) < 4.78 is 7.80. The summed E-state index contributed by atoms with van der Waals surface area (Å²) in [6, 6.07) is 13.8. The molecule has 0 saturated heterocycles. The van der Waals surface area contributed by atoms with Crippen molar-refractivity contribution in [2.24, 2.45) is 7.05 Å². The summed E-state index contributed by atoms with van der Waals surface area (Å²) in [5, 5.41) is 4.24. The van der Waals surface area contributed by atoms with E-state index in [4.69, 9.17) is 4.74 Å². The first-order valence-electron chi connectivity index (χ1n) is 9.37. The molecule has 0 atom stereocenters. The highest BCUT2D eigenvalue weighted by molar-refractivity contribution is 5.94. The van der Waals surface area contributed by atoms with Crippen LogP contribution in [0.3, 0.4) is 0 Å². The van der Waals surface area contributed by atoms with Crippen LogP contribution < -0.4 is 4.74 Å². The molecule has 146 valence electrons. The quantitative estimate of drug-likeness (QED) is 0.647. The third-order valence-electron chi connectivity index (χ3n) is 5.00. The molecule has 28 heavy (non-hydrogen) atoms. The van der Waals surface area contributed by atoms with Crippen LogP contribution in [0.25, 0.3) is 0 Å². The van der Waals surface area contributed by atoms with E-state index in [1.807, 2.05) is 76.1 Å². The Kier molecular flexibility index (Phi) is 5.83. The molecule has 3 aromatic rings. The summed E-state index contributed by atoms with van der Waals surface area (Å²) in [6.07, 6.45) is 1.81. The average Bonchev–Trinajstić information content (AvgIpc) is 3.00. The zero-order chi connectivity index (χ0) is 20.3. The summed E-state index contributed by atoms with van der Waals surface area (Å²) in [7, 11) is 3.72. The molecular formula is C23H27N3O2. The van der Waals surface area contributed by atoms with Gasteiger partial charge < -0.3 is 9.64 Å². The molecular weight excluding hydrogens is 350 g/mol. The molecule has 0 aliphatic carbocycles. The fourth-order valence-corrected chi connectivity index (χ4v) is 3.07. The van der Waals surface area contributed by atoms with E-state index in [0.717, 1.165) is 33.7 Å². The number of ether oxygens (including phenoxy) is 1. The SMILES string of the molecule is Cc1ccc(C)c(OCc2cccc(C(=O)N(C)Cc3cnn(C)c3C)c2)c1. The van der Waals surface area contributed by atoms with Gasteiger partial charge in [0.25, 0.3) is 5.91 Å². The number of carbonyl (C=O) groups excluding carboxylic acids is 1. The molecule has 0 unspecified atom stereocenters. The van der Waals surface area contributed by atoms with Crippen molar-refractivity contribution in [2.75, 3.05) is 7.05 Å². The highest BCUT2D eigenvalue weighted by atomic mass is 16.5. The Bertz CT molecular complexity index is 991. The van der Waals surface area contributed by atoms with E-state index in [-0.39, 0.29) is 5.91 Å². The van der Waals surface area contributed by atoms with E-state index < -0.39 is 0 Å². The van der Waals surface area contributed by atoms with Crippen molar-refractivity contribution in [1.82, 2.24) is 14.7 Å². The topological polar surface area (TPSA) is 47.4 Å². The first-order chi connectivity index (χ1) is 13.3. The number of carbonyl (C=O) groups is 1. The smallest absolute Gasteiger partial charge is 0.253 e. The third-order valence-corrected chi connectivity index (χ3v) is 5.00. The summed E-state index contributed by atoms with van der Waals surface area (Å²) >= 11 is 0. The largest absolute Gasteiger partial charge is 0.489 e. The number of rotatable bonds is 6. The summed E-state index contributed by atoms with van der Waals surface area (Å²) in [5.74, 6) is 0.859. The molecule has 1 aromatic heterocycles. The maximum absolute atomic E-state index is 12.9. The maximum Gasteiger partial charge on any atom is 0.253 e. The summed E-state index contributed by atoms with van der Waals surface area (Å²) in [4.78, 5) is 14.6. The second-order valence-corrected chi connectivity index (χ2v) is 7.30. The zero-order valence-corrected chi connectivity index (χ0v) is 17.2. The van der Waals surface area contributed by atoms with E-state index in [2.05, 4.69) is 17.2 Å². The van der Waals surface area contributed by atoms with Gasteiger partial charge in [0.15, 0.2) is 0 Å². The van der Waals surface area contributed by atoms with Gasteiger partial charge in [-0.25, -0.2) is 0 Å². The van der Waals surface area contributed by atoms with Crippen LogP contribution >= 0.6 is 0 Å². The predicted molar refractivity (Wildman–Crippen MR) is 110 cm³/mol.